The van der Waals surface area contributed by atoms with Gasteiger partial charge in [0.05, 0.1) is 0 Å². The third-order valence-corrected chi connectivity index (χ3v) is 5.84. The molecule has 1 aliphatic rings. The van der Waals surface area contributed by atoms with Gasteiger partial charge >= 0.3 is 5.97 Å². The Hall–Kier alpha value is -1.34. The molecule has 0 amide bonds. The maximum atomic E-state index is 12.5. The van der Waals surface area contributed by atoms with E-state index in [0.29, 0.717) is 0 Å². The number of aryl methyl sites for hydroxylation is 1. The fraction of sp³-hybridized carbons (Fsp3) is 0.615. The molecule has 1 aromatic rings. The molecular weight excluding hydrogens is 280 g/mol. The van der Waals surface area contributed by atoms with Crippen molar-refractivity contribution in [3.05, 3.63) is 18.0 Å². The minimum Gasteiger partial charge on any atom is -0.477 e. The Kier molecular flexibility index (Phi) is 4.19. The van der Waals surface area contributed by atoms with Crippen LogP contribution in [-0.2, 0) is 17.1 Å². The van der Waals surface area contributed by atoms with Crippen LogP contribution in [0.4, 0.5) is 0 Å². The maximum absolute atomic E-state index is 12.5. The van der Waals surface area contributed by atoms with Crippen LogP contribution in [0.5, 0.6) is 0 Å². The van der Waals surface area contributed by atoms with Gasteiger partial charge in [0, 0.05) is 26.3 Å². The zero-order valence-electron chi connectivity index (χ0n) is 11.7. The molecule has 2 rings (SSSR count). The van der Waals surface area contributed by atoms with Gasteiger partial charge in [-0.2, -0.15) is 4.31 Å². The first kappa shape index (κ1) is 15.1. The SMILES string of the molecule is CN(C1CCCCC1)S(=O)(=O)c1cc(C(=O)O)n(C)c1. The first-order valence-electron chi connectivity index (χ1n) is 6.71. The van der Waals surface area contributed by atoms with Crippen molar-refractivity contribution < 1.29 is 18.3 Å². The number of hydrogen-bond acceptors (Lipinski definition) is 3. The van der Waals surface area contributed by atoms with Gasteiger partial charge < -0.3 is 9.67 Å². The summed E-state index contributed by atoms with van der Waals surface area (Å²) in [5.74, 6) is -1.13. The Morgan fingerprint density at radius 2 is 1.95 bits per heavy atom. The molecular formula is C13H20N2O4S. The molecule has 0 saturated heterocycles. The highest BCUT2D eigenvalue weighted by atomic mass is 32.2. The molecule has 0 spiro atoms. The molecule has 6 nitrogen and oxygen atoms in total. The topological polar surface area (TPSA) is 79.6 Å². The minimum absolute atomic E-state index is 0.0160. The zero-order valence-corrected chi connectivity index (χ0v) is 12.6. The Morgan fingerprint density at radius 3 is 2.45 bits per heavy atom. The van der Waals surface area contributed by atoms with Crippen LogP contribution in [0.15, 0.2) is 17.2 Å². The van der Waals surface area contributed by atoms with E-state index in [1.807, 2.05) is 0 Å². The Balaban J connectivity index is 2.29. The van der Waals surface area contributed by atoms with Crippen LogP contribution in [0.1, 0.15) is 42.6 Å². The average molecular weight is 300 g/mol. The lowest BCUT2D eigenvalue weighted by Gasteiger charge is -2.30. The third-order valence-electron chi connectivity index (χ3n) is 3.96. The van der Waals surface area contributed by atoms with E-state index in [1.54, 1.807) is 7.05 Å². The van der Waals surface area contributed by atoms with Gasteiger partial charge in [0.2, 0.25) is 10.0 Å². The predicted molar refractivity (Wildman–Crippen MR) is 74.2 cm³/mol. The van der Waals surface area contributed by atoms with Crippen LogP contribution < -0.4 is 0 Å². The van der Waals surface area contributed by atoms with Crippen LogP contribution in [0.25, 0.3) is 0 Å². The standard InChI is InChI=1S/C13H20N2O4S/c1-14-9-11(8-12(14)13(16)17)20(18,19)15(2)10-6-4-3-5-7-10/h8-10H,3-7H2,1-2H3,(H,16,17). The molecule has 0 aliphatic heterocycles. The van der Waals surface area contributed by atoms with E-state index in [2.05, 4.69) is 0 Å². The van der Waals surface area contributed by atoms with E-state index in [9.17, 15) is 13.2 Å². The summed E-state index contributed by atoms with van der Waals surface area (Å²) in [6.07, 6.45) is 6.33. The number of carboxylic acids is 1. The number of rotatable bonds is 4. The average Bonchev–Trinajstić information content (AvgIpc) is 2.82. The number of sulfonamides is 1. The predicted octanol–water partition coefficient (Wildman–Crippen LogP) is 1.68. The second kappa shape index (κ2) is 5.57. The number of carboxylic acid groups (broad SMARTS) is 1. The van der Waals surface area contributed by atoms with E-state index in [-0.39, 0.29) is 16.6 Å². The number of nitrogens with zero attached hydrogens (tertiary/aromatic N) is 2. The van der Waals surface area contributed by atoms with E-state index in [1.165, 1.54) is 28.2 Å². The van der Waals surface area contributed by atoms with Crippen molar-refractivity contribution in [1.82, 2.24) is 8.87 Å². The van der Waals surface area contributed by atoms with E-state index in [4.69, 9.17) is 5.11 Å². The summed E-state index contributed by atoms with van der Waals surface area (Å²) < 4.78 is 27.8. The summed E-state index contributed by atoms with van der Waals surface area (Å²) in [6, 6.07) is 1.24. The number of carbonyl (C=O) groups is 1. The van der Waals surface area contributed by atoms with Crippen molar-refractivity contribution in [2.24, 2.45) is 7.05 Å². The van der Waals surface area contributed by atoms with Gasteiger partial charge in [0.15, 0.2) is 0 Å². The molecule has 7 heteroatoms. The van der Waals surface area contributed by atoms with Gasteiger partial charge in [-0.3, -0.25) is 0 Å². The van der Waals surface area contributed by atoms with Crippen LogP contribution in [-0.4, -0.2) is 41.5 Å². The molecule has 1 N–H and O–H groups in total. The third kappa shape index (κ3) is 2.73. The quantitative estimate of drug-likeness (QED) is 0.917. The van der Waals surface area contributed by atoms with Gasteiger partial charge in [-0.25, -0.2) is 13.2 Å². The molecule has 1 saturated carbocycles. The van der Waals surface area contributed by atoms with Gasteiger partial charge in [0.1, 0.15) is 10.6 Å². The minimum atomic E-state index is -3.62. The zero-order chi connectivity index (χ0) is 14.9. The molecule has 1 aromatic heterocycles. The summed E-state index contributed by atoms with van der Waals surface area (Å²) in [7, 11) is -0.512. The van der Waals surface area contributed by atoms with E-state index >= 15 is 0 Å². The normalized spacial score (nSPS) is 17.6. The second-order valence-electron chi connectivity index (χ2n) is 5.29. The number of aromatic nitrogens is 1. The smallest absolute Gasteiger partial charge is 0.352 e. The first-order valence-corrected chi connectivity index (χ1v) is 8.15. The molecule has 1 aliphatic carbocycles. The Labute approximate surface area is 119 Å². The molecule has 1 heterocycles. The van der Waals surface area contributed by atoms with Gasteiger partial charge in [-0.15, -0.1) is 0 Å². The molecule has 1 fully saturated rings. The summed E-state index contributed by atoms with van der Waals surface area (Å²) >= 11 is 0. The summed E-state index contributed by atoms with van der Waals surface area (Å²) in [6.45, 7) is 0. The second-order valence-corrected chi connectivity index (χ2v) is 7.29. The fourth-order valence-corrected chi connectivity index (χ4v) is 4.18. The van der Waals surface area contributed by atoms with Crippen LogP contribution in [0.3, 0.4) is 0 Å². The highest BCUT2D eigenvalue weighted by molar-refractivity contribution is 7.89. The van der Waals surface area contributed by atoms with Crippen LogP contribution in [0, 0.1) is 0 Å². The molecule has 0 atom stereocenters. The summed E-state index contributed by atoms with van der Waals surface area (Å²) in [5.41, 5.74) is -0.0272. The van der Waals surface area contributed by atoms with Gasteiger partial charge in [-0.1, -0.05) is 19.3 Å². The Bertz CT molecular complexity index is 600. The summed E-state index contributed by atoms with van der Waals surface area (Å²) in [4.78, 5) is 11.1. The van der Waals surface area contributed by atoms with Crippen molar-refractivity contribution in [2.45, 2.75) is 43.0 Å². The van der Waals surface area contributed by atoms with E-state index < -0.39 is 16.0 Å². The number of aromatic carboxylic acids is 1. The number of hydrogen-bond donors (Lipinski definition) is 1. The highest BCUT2D eigenvalue weighted by Crippen LogP contribution is 2.27. The maximum Gasteiger partial charge on any atom is 0.352 e. The van der Waals surface area contributed by atoms with Crippen molar-refractivity contribution in [1.29, 1.82) is 0 Å². The molecule has 0 radical (unpaired) electrons. The summed E-state index contributed by atoms with van der Waals surface area (Å²) in [5, 5.41) is 9.00. The van der Waals surface area contributed by atoms with Crippen LogP contribution >= 0.6 is 0 Å². The molecule has 0 aromatic carbocycles. The van der Waals surface area contributed by atoms with Gasteiger partial charge in [0.25, 0.3) is 0 Å². The van der Waals surface area contributed by atoms with Crippen molar-refractivity contribution >= 4 is 16.0 Å². The van der Waals surface area contributed by atoms with Crippen molar-refractivity contribution in [3.8, 4) is 0 Å². The Morgan fingerprint density at radius 1 is 1.35 bits per heavy atom. The van der Waals surface area contributed by atoms with Crippen molar-refractivity contribution in [3.63, 3.8) is 0 Å². The van der Waals surface area contributed by atoms with E-state index in [0.717, 1.165) is 32.1 Å². The molecule has 112 valence electrons. The van der Waals surface area contributed by atoms with Gasteiger partial charge in [-0.05, 0) is 18.9 Å². The molecule has 0 unspecified atom stereocenters. The van der Waals surface area contributed by atoms with Crippen molar-refractivity contribution in [2.75, 3.05) is 7.05 Å². The molecule has 20 heavy (non-hydrogen) atoms. The lowest BCUT2D eigenvalue weighted by Crippen LogP contribution is -2.38. The monoisotopic (exact) mass is 300 g/mol. The first-order chi connectivity index (χ1) is 9.34. The molecule has 0 bridgehead atoms. The highest BCUT2D eigenvalue weighted by Gasteiger charge is 2.30. The largest absolute Gasteiger partial charge is 0.477 e. The fourth-order valence-electron chi connectivity index (χ4n) is 2.70. The van der Waals surface area contributed by atoms with Crippen LogP contribution in [0.2, 0.25) is 0 Å². The lowest BCUT2D eigenvalue weighted by molar-refractivity contribution is 0.0686. The lowest BCUT2D eigenvalue weighted by atomic mass is 9.96.